The molecule has 1 aromatic rings. The molecule has 1 atom stereocenters. The number of ether oxygens (including phenoxy) is 3. The summed E-state index contributed by atoms with van der Waals surface area (Å²) in [5.74, 6) is 1.21. The number of anilines is 1. The van der Waals surface area contributed by atoms with E-state index in [0.29, 0.717) is 32.0 Å². The molecule has 182 valence electrons. The molecule has 33 heavy (non-hydrogen) atoms. The quantitative estimate of drug-likeness (QED) is 0.456. The first kappa shape index (κ1) is 23.8. The molecule has 3 aliphatic rings. The molecule has 0 bridgehead atoms. The number of nitrogens with one attached hydrogen (secondary N) is 3. The van der Waals surface area contributed by atoms with Crippen molar-refractivity contribution in [2.24, 2.45) is 5.92 Å². The van der Waals surface area contributed by atoms with Crippen molar-refractivity contribution in [2.75, 3.05) is 38.7 Å². The topological polar surface area (TPSA) is 111 Å². The van der Waals surface area contributed by atoms with E-state index in [2.05, 4.69) is 28.1 Å². The molecule has 1 amide bonds. The Morgan fingerprint density at radius 2 is 2.12 bits per heavy atom. The highest BCUT2D eigenvalue weighted by molar-refractivity contribution is 5.81. The number of nitrogens with zero attached hydrogens (tertiary/aromatic N) is 1. The van der Waals surface area contributed by atoms with Gasteiger partial charge in [-0.15, -0.1) is 0 Å². The number of fused-ring (bicyclic) bond motifs is 1. The summed E-state index contributed by atoms with van der Waals surface area (Å²) in [5, 5.41) is 9.08. The molecule has 0 aromatic carbocycles. The normalized spacial score (nSPS) is 23.7. The Hall–Kier alpha value is -2.39. The first-order valence-electron chi connectivity index (χ1n) is 12.1. The van der Waals surface area contributed by atoms with E-state index in [1.807, 2.05) is 6.92 Å². The van der Waals surface area contributed by atoms with Crippen LogP contribution in [-0.2, 0) is 31.8 Å². The first-order chi connectivity index (χ1) is 15.9. The first-order valence-corrected chi connectivity index (χ1v) is 12.1. The fourth-order valence-electron chi connectivity index (χ4n) is 4.59. The number of amides is 1. The van der Waals surface area contributed by atoms with Gasteiger partial charge in [0.15, 0.2) is 0 Å². The van der Waals surface area contributed by atoms with Crippen molar-refractivity contribution >= 4 is 17.9 Å². The number of rotatable bonds is 10. The number of hydrogen-bond donors (Lipinski definition) is 3. The van der Waals surface area contributed by atoms with Crippen LogP contribution in [0.3, 0.4) is 0 Å². The molecule has 3 N–H and O–H groups in total. The van der Waals surface area contributed by atoms with Crippen molar-refractivity contribution in [2.45, 2.75) is 69.6 Å². The zero-order valence-corrected chi connectivity index (χ0v) is 19.7. The van der Waals surface area contributed by atoms with Gasteiger partial charge in [0.2, 0.25) is 0 Å². The molecule has 4 rings (SSSR count). The highest BCUT2D eigenvalue weighted by atomic mass is 16.6. The fourth-order valence-corrected chi connectivity index (χ4v) is 4.59. The second-order valence-corrected chi connectivity index (χ2v) is 9.66. The number of aryl methyl sites for hydroxylation is 2. The second kappa shape index (κ2) is 10.7. The van der Waals surface area contributed by atoms with Gasteiger partial charge in [0.05, 0.1) is 13.2 Å². The third-order valence-electron chi connectivity index (χ3n) is 6.83. The maximum absolute atomic E-state index is 12.1. The van der Waals surface area contributed by atoms with Crippen LogP contribution in [0.2, 0.25) is 0 Å². The van der Waals surface area contributed by atoms with Gasteiger partial charge >= 0.3 is 12.1 Å². The average Bonchev–Trinajstić information content (AvgIpc) is 2.77. The van der Waals surface area contributed by atoms with Crippen LogP contribution in [0.5, 0.6) is 0 Å². The van der Waals surface area contributed by atoms with Crippen LogP contribution in [0.25, 0.3) is 0 Å². The Labute approximate surface area is 195 Å². The van der Waals surface area contributed by atoms with Gasteiger partial charge in [-0.05, 0) is 63.0 Å². The molecule has 3 heterocycles. The van der Waals surface area contributed by atoms with Crippen LogP contribution in [0, 0.1) is 5.92 Å². The molecule has 1 aromatic heterocycles. The largest absolute Gasteiger partial charge is 0.467 e. The molecule has 2 fully saturated rings. The molecular formula is C24H36N4O5. The molecule has 0 radical (unpaired) electrons. The monoisotopic (exact) mass is 460 g/mol. The second-order valence-electron chi connectivity index (χ2n) is 9.66. The standard InChI is InChI=1S/C24H36N4O5/c1-24(14-25-15-24)33-23(30)28-20(22(29)31-2)9-11-32-19-12-16(13-19)5-7-18-8-6-17-4-3-10-26-21(17)27-18/h6,8,16,19-20,25H,3-5,7,9-15H2,1-2H3,(H,26,27)(H,28,30)/t16-,19-,20-/m0/s1. The minimum Gasteiger partial charge on any atom is -0.467 e. The van der Waals surface area contributed by atoms with E-state index >= 15 is 0 Å². The van der Waals surface area contributed by atoms with Crippen molar-refractivity contribution < 1.29 is 23.8 Å². The zero-order chi connectivity index (χ0) is 23.3. The van der Waals surface area contributed by atoms with E-state index in [0.717, 1.165) is 50.2 Å². The highest BCUT2D eigenvalue weighted by Gasteiger charge is 2.37. The van der Waals surface area contributed by atoms with Gasteiger partial charge in [-0.3, -0.25) is 0 Å². The fraction of sp³-hybridized carbons (Fsp3) is 0.708. The summed E-state index contributed by atoms with van der Waals surface area (Å²) >= 11 is 0. The summed E-state index contributed by atoms with van der Waals surface area (Å²) in [7, 11) is 1.31. The lowest BCUT2D eigenvalue weighted by Crippen LogP contribution is -2.61. The van der Waals surface area contributed by atoms with Gasteiger partial charge < -0.3 is 30.2 Å². The number of esters is 1. The van der Waals surface area contributed by atoms with Crippen molar-refractivity contribution in [3.8, 4) is 0 Å². The lowest BCUT2D eigenvalue weighted by Gasteiger charge is -2.38. The predicted octanol–water partition coefficient (Wildman–Crippen LogP) is 2.19. The summed E-state index contributed by atoms with van der Waals surface area (Å²) < 4.78 is 16.2. The van der Waals surface area contributed by atoms with Crippen LogP contribution in [0.15, 0.2) is 12.1 Å². The van der Waals surface area contributed by atoms with Gasteiger partial charge in [-0.1, -0.05) is 6.07 Å². The molecule has 1 aliphatic carbocycles. The van der Waals surface area contributed by atoms with Crippen LogP contribution in [-0.4, -0.2) is 68.1 Å². The number of pyridine rings is 1. The molecule has 9 nitrogen and oxygen atoms in total. The summed E-state index contributed by atoms with van der Waals surface area (Å²) in [6.45, 7) is 4.46. The summed E-state index contributed by atoms with van der Waals surface area (Å²) in [6, 6.07) is 3.59. The van der Waals surface area contributed by atoms with Crippen LogP contribution in [0.1, 0.15) is 50.3 Å². The Morgan fingerprint density at radius 1 is 1.30 bits per heavy atom. The van der Waals surface area contributed by atoms with Crippen LogP contribution < -0.4 is 16.0 Å². The number of carbonyl (C=O) groups is 2. The Balaban J connectivity index is 1.12. The average molecular weight is 461 g/mol. The summed E-state index contributed by atoms with van der Waals surface area (Å²) in [6.07, 6.45) is 6.37. The van der Waals surface area contributed by atoms with Gasteiger partial charge in [0, 0.05) is 38.4 Å². The van der Waals surface area contributed by atoms with Crippen LogP contribution >= 0.6 is 0 Å². The van der Waals surface area contributed by atoms with Crippen molar-refractivity contribution in [1.29, 1.82) is 0 Å². The minimum absolute atomic E-state index is 0.207. The third kappa shape index (κ3) is 6.35. The van der Waals surface area contributed by atoms with Gasteiger partial charge in [-0.25, -0.2) is 14.6 Å². The van der Waals surface area contributed by atoms with Crippen molar-refractivity contribution in [3.63, 3.8) is 0 Å². The molecule has 0 unspecified atom stereocenters. The predicted molar refractivity (Wildman–Crippen MR) is 123 cm³/mol. The summed E-state index contributed by atoms with van der Waals surface area (Å²) in [5.41, 5.74) is 1.95. The molecular weight excluding hydrogens is 424 g/mol. The number of hydrogen-bond acceptors (Lipinski definition) is 8. The van der Waals surface area contributed by atoms with Gasteiger partial charge in [0.1, 0.15) is 17.5 Å². The molecule has 1 saturated heterocycles. The van der Waals surface area contributed by atoms with Crippen molar-refractivity contribution in [3.05, 3.63) is 23.4 Å². The minimum atomic E-state index is -0.779. The van der Waals surface area contributed by atoms with Gasteiger partial charge in [0.25, 0.3) is 0 Å². The number of aromatic nitrogens is 1. The smallest absolute Gasteiger partial charge is 0.408 e. The van der Waals surface area contributed by atoms with E-state index in [1.165, 1.54) is 19.1 Å². The zero-order valence-electron chi connectivity index (χ0n) is 19.7. The van der Waals surface area contributed by atoms with E-state index in [9.17, 15) is 9.59 Å². The van der Waals surface area contributed by atoms with E-state index in [4.69, 9.17) is 19.2 Å². The summed E-state index contributed by atoms with van der Waals surface area (Å²) in [4.78, 5) is 29.0. The Morgan fingerprint density at radius 3 is 2.85 bits per heavy atom. The van der Waals surface area contributed by atoms with Crippen molar-refractivity contribution in [1.82, 2.24) is 15.6 Å². The molecule has 0 spiro atoms. The van der Waals surface area contributed by atoms with Crippen LogP contribution in [0.4, 0.5) is 10.6 Å². The molecule has 1 saturated carbocycles. The lowest BCUT2D eigenvalue weighted by atomic mass is 9.79. The maximum Gasteiger partial charge on any atom is 0.408 e. The Bertz CT molecular complexity index is 838. The molecule has 9 heteroatoms. The Kier molecular flexibility index (Phi) is 7.70. The van der Waals surface area contributed by atoms with E-state index in [-0.39, 0.29) is 6.10 Å². The maximum atomic E-state index is 12.1. The lowest BCUT2D eigenvalue weighted by molar-refractivity contribution is -0.144. The SMILES string of the molecule is COC(=O)[C@H](CCO[C@H]1C[C@H](CCc2ccc3c(n2)NCCC3)C1)NC(=O)OC1(C)CNC1. The number of carbonyl (C=O) groups excluding carboxylic acids is 2. The van der Waals surface area contributed by atoms with E-state index in [1.54, 1.807) is 0 Å². The van der Waals surface area contributed by atoms with E-state index < -0.39 is 23.7 Å². The third-order valence-corrected chi connectivity index (χ3v) is 6.83. The number of methoxy groups -OCH3 is 1. The molecule has 2 aliphatic heterocycles. The van der Waals surface area contributed by atoms with Gasteiger partial charge in [-0.2, -0.15) is 0 Å². The highest BCUT2D eigenvalue weighted by Crippen LogP contribution is 2.34. The number of alkyl carbamates (subject to hydrolysis) is 1.